The van der Waals surface area contributed by atoms with Crippen LogP contribution < -0.4 is 4.74 Å². The monoisotopic (exact) mass is 397 g/mol. The van der Waals surface area contributed by atoms with E-state index in [4.69, 9.17) is 9.47 Å². The molecule has 0 aromatic heterocycles. The highest BCUT2D eigenvalue weighted by Crippen LogP contribution is 2.60. The Labute approximate surface area is 172 Å². The lowest BCUT2D eigenvalue weighted by Crippen LogP contribution is -2.53. The van der Waals surface area contributed by atoms with Crippen LogP contribution in [0.2, 0.25) is 0 Å². The van der Waals surface area contributed by atoms with Crippen LogP contribution in [0.5, 0.6) is 5.75 Å². The molecule has 4 aliphatic rings. The van der Waals surface area contributed by atoms with E-state index < -0.39 is 5.60 Å². The van der Waals surface area contributed by atoms with Crippen molar-refractivity contribution < 1.29 is 19.4 Å². The van der Waals surface area contributed by atoms with Gasteiger partial charge in [-0.25, -0.2) is 0 Å². The summed E-state index contributed by atoms with van der Waals surface area (Å²) in [6.45, 7) is 3.64. The van der Waals surface area contributed by atoms with Crippen molar-refractivity contribution >= 4 is 5.91 Å². The second-order valence-corrected chi connectivity index (χ2v) is 9.57. The van der Waals surface area contributed by atoms with Crippen molar-refractivity contribution in [3.63, 3.8) is 0 Å². The number of benzene rings is 1. The van der Waals surface area contributed by atoms with Crippen molar-refractivity contribution in [1.82, 2.24) is 4.90 Å². The van der Waals surface area contributed by atoms with Crippen LogP contribution in [0.25, 0.3) is 0 Å². The van der Waals surface area contributed by atoms with E-state index >= 15 is 0 Å². The molecule has 1 saturated heterocycles. The first-order chi connectivity index (χ1) is 13.9. The summed E-state index contributed by atoms with van der Waals surface area (Å²) in [6, 6.07) is 7.68. The van der Waals surface area contributed by atoms with E-state index in [2.05, 4.69) is 13.0 Å². The summed E-state index contributed by atoms with van der Waals surface area (Å²) >= 11 is 0. The average molecular weight is 398 g/mol. The normalized spacial score (nSPS) is 36.0. The highest BCUT2D eigenvalue weighted by molar-refractivity contribution is 5.95. The molecule has 3 aliphatic carbocycles. The Hall–Kier alpha value is -1.85. The van der Waals surface area contributed by atoms with E-state index in [1.54, 1.807) is 0 Å². The Morgan fingerprint density at radius 2 is 2.03 bits per heavy atom. The lowest BCUT2D eigenvalue weighted by Gasteiger charge is -2.49. The molecule has 5 atom stereocenters. The van der Waals surface area contributed by atoms with Gasteiger partial charge in [0.2, 0.25) is 0 Å². The standard InChI is InChI=1S/C24H31NO4/c1-15-10-19-20-13-24(27,12-15)14-21(20)22(19)25(2)23(26)16-4-3-5-18(11-16)29-17-6-8-28-9-7-17/h3-5,10-11,15,17,20-22,27H,6-9,12-14H2,1-2H3. The van der Waals surface area contributed by atoms with Gasteiger partial charge in [-0.2, -0.15) is 0 Å². The second kappa shape index (κ2) is 7.13. The highest BCUT2D eigenvalue weighted by atomic mass is 16.5. The molecular formula is C24H31NO4. The van der Waals surface area contributed by atoms with Crippen LogP contribution in [0.1, 0.15) is 49.4 Å². The van der Waals surface area contributed by atoms with Gasteiger partial charge in [0.05, 0.1) is 24.9 Å². The lowest BCUT2D eigenvalue weighted by molar-refractivity contribution is 0.0213. The predicted octanol–water partition coefficient (Wildman–Crippen LogP) is 3.42. The number of amides is 1. The third kappa shape index (κ3) is 3.38. The van der Waals surface area contributed by atoms with Gasteiger partial charge in [0.1, 0.15) is 11.9 Å². The van der Waals surface area contributed by atoms with Crippen molar-refractivity contribution in [2.75, 3.05) is 20.3 Å². The number of nitrogens with zero attached hydrogens (tertiary/aromatic N) is 1. The highest BCUT2D eigenvalue weighted by Gasteiger charge is 2.59. The fraction of sp³-hybridized carbons (Fsp3) is 0.625. The van der Waals surface area contributed by atoms with Crippen LogP contribution in [0.15, 0.2) is 35.9 Å². The Balaban J connectivity index is 1.33. The zero-order chi connectivity index (χ0) is 20.2. The molecule has 1 aliphatic heterocycles. The van der Waals surface area contributed by atoms with Gasteiger partial charge in [-0.05, 0) is 60.8 Å². The largest absolute Gasteiger partial charge is 0.490 e. The van der Waals surface area contributed by atoms with Crippen LogP contribution in [0.3, 0.4) is 0 Å². The van der Waals surface area contributed by atoms with Crippen LogP contribution in [0.4, 0.5) is 0 Å². The van der Waals surface area contributed by atoms with Gasteiger partial charge in [0, 0.05) is 25.5 Å². The molecular weight excluding hydrogens is 366 g/mol. The molecule has 5 rings (SSSR count). The minimum atomic E-state index is -0.552. The number of hydrogen-bond donors (Lipinski definition) is 1. The fourth-order valence-corrected chi connectivity index (χ4v) is 6.17. The molecule has 1 aromatic carbocycles. The van der Waals surface area contributed by atoms with Gasteiger partial charge in [-0.15, -0.1) is 0 Å². The topological polar surface area (TPSA) is 59.0 Å². The van der Waals surface area contributed by atoms with Crippen molar-refractivity contribution in [2.24, 2.45) is 17.8 Å². The molecule has 0 spiro atoms. The molecule has 2 bridgehead atoms. The first kappa shape index (κ1) is 19.1. The van der Waals surface area contributed by atoms with Gasteiger partial charge in [-0.3, -0.25) is 4.79 Å². The molecule has 1 aromatic rings. The number of ether oxygens (including phenoxy) is 2. The number of fused-ring (bicyclic) bond motifs is 1. The van der Waals surface area contributed by atoms with Crippen LogP contribution in [-0.4, -0.2) is 53.9 Å². The summed E-state index contributed by atoms with van der Waals surface area (Å²) in [5.41, 5.74) is 1.47. The molecule has 1 heterocycles. The first-order valence-corrected chi connectivity index (χ1v) is 11.0. The maximum Gasteiger partial charge on any atom is 0.254 e. The summed E-state index contributed by atoms with van der Waals surface area (Å²) in [6.07, 6.45) is 6.77. The molecule has 5 nitrogen and oxygen atoms in total. The third-order valence-corrected chi connectivity index (χ3v) is 7.38. The lowest BCUT2D eigenvalue weighted by atomic mass is 9.65. The van der Waals surface area contributed by atoms with Crippen molar-refractivity contribution in [1.29, 1.82) is 0 Å². The fourth-order valence-electron chi connectivity index (χ4n) is 6.17. The summed E-state index contributed by atoms with van der Waals surface area (Å²) < 4.78 is 11.5. The molecule has 3 fully saturated rings. The number of rotatable bonds is 4. The SMILES string of the molecule is CC1C=C2C3CC(O)(C1)CC3C2N(C)C(=O)c1cccc(OC2CCOCC2)c1. The zero-order valence-corrected chi connectivity index (χ0v) is 17.3. The number of aliphatic hydroxyl groups is 1. The minimum Gasteiger partial charge on any atom is -0.490 e. The molecule has 156 valence electrons. The minimum absolute atomic E-state index is 0.0282. The number of carbonyl (C=O) groups excluding carboxylic acids is 1. The van der Waals surface area contributed by atoms with Crippen LogP contribution in [0, 0.1) is 17.8 Å². The molecule has 0 radical (unpaired) electrons. The Bertz CT molecular complexity index is 830. The van der Waals surface area contributed by atoms with Gasteiger partial charge in [0.25, 0.3) is 5.91 Å². The summed E-state index contributed by atoms with van der Waals surface area (Å²) in [5.74, 6) is 1.98. The van der Waals surface area contributed by atoms with Crippen molar-refractivity contribution in [2.45, 2.75) is 56.8 Å². The molecule has 5 heteroatoms. The molecule has 1 amide bonds. The van der Waals surface area contributed by atoms with E-state index in [9.17, 15) is 9.90 Å². The Morgan fingerprint density at radius 3 is 2.83 bits per heavy atom. The Morgan fingerprint density at radius 1 is 1.24 bits per heavy atom. The number of likely N-dealkylation sites (N-methyl/N-ethyl adjacent to an activating group) is 1. The maximum absolute atomic E-state index is 13.3. The second-order valence-electron chi connectivity index (χ2n) is 9.57. The molecule has 5 unspecified atom stereocenters. The van der Waals surface area contributed by atoms with Gasteiger partial charge < -0.3 is 19.5 Å². The van der Waals surface area contributed by atoms with Gasteiger partial charge in [0.15, 0.2) is 0 Å². The molecule has 1 N–H and O–H groups in total. The van der Waals surface area contributed by atoms with Crippen molar-refractivity contribution in [3.8, 4) is 5.75 Å². The predicted molar refractivity (Wildman–Crippen MR) is 110 cm³/mol. The van der Waals surface area contributed by atoms with Gasteiger partial charge >= 0.3 is 0 Å². The van der Waals surface area contributed by atoms with Crippen LogP contribution >= 0.6 is 0 Å². The molecule has 29 heavy (non-hydrogen) atoms. The van der Waals surface area contributed by atoms with E-state index in [0.29, 0.717) is 23.3 Å². The maximum atomic E-state index is 13.3. The van der Waals surface area contributed by atoms with Gasteiger partial charge in [-0.1, -0.05) is 19.1 Å². The third-order valence-electron chi connectivity index (χ3n) is 7.38. The average Bonchev–Trinajstić information content (AvgIpc) is 2.92. The summed E-state index contributed by atoms with van der Waals surface area (Å²) in [4.78, 5) is 15.2. The smallest absolute Gasteiger partial charge is 0.254 e. The number of hydrogen-bond acceptors (Lipinski definition) is 4. The number of carbonyl (C=O) groups is 1. The Kier molecular flexibility index (Phi) is 4.71. The quantitative estimate of drug-likeness (QED) is 0.791. The van der Waals surface area contributed by atoms with Crippen LogP contribution in [-0.2, 0) is 4.74 Å². The first-order valence-electron chi connectivity index (χ1n) is 11.0. The number of allylic oxidation sites excluding steroid dienone is 1. The summed E-state index contributed by atoms with van der Waals surface area (Å²) in [7, 11) is 1.91. The van der Waals surface area contributed by atoms with E-state index in [0.717, 1.165) is 51.1 Å². The molecule has 2 saturated carbocycles. The van der Waals surface area contributed by atoms with Crippen molar-refractivity contribution in [3.05, 3.63) is 41.5 Å². The van der Waals surface area contributed by atoms with E-state index in [1.807, 2.05) is 36.2 Å². The zero-order valence-electron chi connectivity index (χ0n) is 17.3. The summed E-state index contributed by atoms with van der Waals surface area (Å²) in [5, 5.41) is 11.0. The van der Waals surface area contributed by atoms with E-state index in [1.165, 1.54) is 5.57 Å². The van der Waals surface area contributed by atoms with E-state index in [-0.39, 0.29) is 18.1 Å².